The van der Waals surface area contributed by atoms with Crippen LogP contribution in [0.1, 0.15) is 41.7 Å². The number of aromatic nitrogens is 2. The Bertz CT molecular complexity index is 1130. The number of H-pyrrole nitrogens is 1. The first kappa shape index (κ1) is 21.0. The number of nitriles is 1. The van der Waals surface area contributed by atoms with Crippen molar-refractivity contribution in [2.45, 2.75) is 38.5 Å². The van der Waals surface area contributed by atoms with Crippen molar-refractivity contribution in [3.8, 4) is 6.07 Å². The van der Waals surface area contributed by atoms with Gasteiger partial charge >= 0.3 is 0 Å². The minimum Gasteiger partial charge on any atom is -0.341 e. The fourth-order valence-corrected chi connectivity index (χ4v) is 5.97. The Kier molecular flexibility index (Phi) is 6.10. The Morgan fingerprint density at radius 2 is 2.03 bits per heavy atom. The highest BCUT2D eigenvalue weighted by atomic mass is 32.1. The molecule has 5 rings (SSSR count). The summed E-state index contributed by atoms with van der Waals surface area (Å²) in [7, 11) is 0. The number of carbonyl (C=O) groups excluding carboxylic acids is 1. The van der Waals surface area contributed by atoms with Crippen LogP contribution in [0.15, 0.2) is 24.3 Å². The Morgan fingerprint density at radius 1 is 1.16 bits per heavy atom. The summed E-state index contributed by atoms with van der Waals surface area (Å²) in [6.45, 7) is 4.45. The zero-order valence-corrected chi connectivity index (χ0v) is 19.0. The van der Waals surface area contributed by atoms with Crippen LogP contribution in [0.4, 0.5) is 10.9 Å². The molecule has 0 spiro atoms. The number of carbonyl (C=O) groups is 1. The molecule has 8 heteroatoms. The van der Waals surface area contributed by atoms with Crippen LogP contribution in [-0.4, -0.2) is 53.5 Å². The minimum atomic E-state index is -0.00140. The molecule has 3 aromatic rings. The maximum Gasteiger partial charge on any atom is 0.226 e. The van der Waals surface area contributed by atoms with Crippen molar-refractivity contribution >= 4 is 39.2 Å². The van der Waals surface area contributed by atoms with Crippen LogP contribution in [-0.2, 0) is 17.6 Å². The topological polar surface area (TPSA) is 88.1 Å². The summed E-state index contributed by atoms with van der Waals surface area (Å²) >= 11 is 1.59. The highest BCUT2D eigenvalue weighted by Gasteiger charge is 2.22. The first-order valence-corrected chi connectivity index (χ1v) is 12.3. The molecule has 1 fully saturated rings. The SMILES string of the molecule is N#Cc1c(NC(=O)CCN2CCCN(c3nc4ccccc4[nH]3)CC2)sc2c1CCCC2. The van der Waals surface area contributed by atoms with E-state index in [1.165, 1.54) is 11.3 Å². The van der Waals surface area contributed by atoms with Crippen molar-refractivity contribution in [2.24, 2.45) is 0 Å². The molecule has 1 saturated heterocycles. The lowest BCUT2D eigenvalue weighted by Crippen LogP contribution is -2.33. The van der Waals surface area contributed by atoms with Gasteiger partial charge in [0.2, 0.25) is 11.9 Å². The predicted octanol–water partition coefficient (Wildman–Crippen LogP) is 3.92. The lowest BCUT2D eigenvalue weighted by Gasteiger charge is -2.21. The van der Waals surface area contributed by atoms with Gasteiger partial charge in [0.1, 0.15) is 11.1 Å². The Balaban J connectivity index is 1.15. The minimum absolute atomic E-state index is 0.00140. The lowest BCUT2D eigenvalue weighted by molar-refractivity contribution is -0.116. The third-order valence-corrected chi connectivity index (χ3v) is 7.66. The fraction of sp³-hybridized carbons (Fsp3) is 0.458. The van der Waals surface area contributed by atoms with Gasteiger partial charge in [0.25, 0.3) is 0 Å². The number of aromatic amines is 1. The molecule has 1 aliphatic carbocycles. The Morgan fingerprint density at radius 3 is 2.91 bits per heavy atom. The average molecular weight is 449 g/mol. The molecule has 1 aromatic carbocycles. The zero-order valence-electron chi connectivity index (χ0n) is 18.2. The number of benzene rings is 1. The van der Waals surface area contributed by atoms with E-state index in [4.69, 9.17) is 4.98 Å². The lowest BCUT2D eigenvalue weighted by atomic mass is 9.96. The van der Waals surface area contributed by atoms with Gasteiger partial charge in [-0.3, -0.25) is 4.79 Å². The van der Waals surface area contributed by atoms with E-state index in [1.54, 1.807) is 11.3 Å². The molecule has 2 aliphatic rings. The Labute approximate surface area is 192 Å². The van der Waals surface area contributed by atoms with Gasteiger partial charge < -0.3 is 20.1 Å². The van der Waals surface area contributed by atoms with Crippen LogP contribution in [0, 0.1) is 11.3 Å². The van der Waals surface area contributed by atoms with Gasteiger partial charge in [-0.05, 0) is 56.3 Å². The van der Waals surface area contributed by atoms with Gasteiger partial charge in [-0.15, -0.1) is 11.3 Å². The highest BCUT2D eigenvalue weighted by molar-refractivity contribution is 7.16. The maximum atomic E-state index is 12.6. The van der Waals surface area contributed by atoms with Crippen molar-refractivity contribution in [1.82, 2.24) is 14.9 Å². The van der Waals surface area contributed by atoms with Gasteiger partial charge in [0.15, 0.2) is 0 Å². The first-order chi connectivity index (χ1) is 15.7. The summed E-state index contributed by atoms with van der Waals surface area (Å²) in [5.74, 6) is 0.926. The van der Waals surface area contributed by atoms with Gasteiger partial charge in [-0.25, -0.2) is 4.98 Å². The number of aryl methyl sites for hydroxylation is 1. The number of amides is 1. The highest BCUT2D eigenvalue weighted by Crippen LogP contribution is 2.37. The molecular weight excluding hydrogens is 420 g/mol. The number of hydrogen-bond acceptors (Lipinski definition) is 6. The molecule has 32 heavy (non-hydrogen) atoms. The molecule has 0 unspecified atom stereocenters. The Hall–Kier alpha value is -2.89. The van der Waals surface area contributed by atoms with E-state index in [1.807, 2.05) is 18.2 Å². The number of rotatable bonds is 5. The van der Waals surface area contributed by atoms with Crippen LogP contribution >= 0.6 is 11.3 Å². The molecule has 1 amide bonds. The number of nitrogens with zero attached hydrogens (tertiary/aromatic N) is 4. The average Bonchev–Trinajstić information content (AvgIpc) is 3.30. The number of nitrogens with one attached hydrogen (secondary N) is 2. The molecule has 2 aromatic heterocycles. The summed E-state index contributed by atoms with van der Waals surface area (Å²) in [6, 6.07) is 10.4. The standard InChI is InChI=1S/C24H28N6OS/c25-16-18-17-6-1-4-9-21(17)32-23(18)28-22(31)10-13-29-11-5-12-30(15-14-29)24-26-19-7-2-3-8-20(19)27-24/h2-3,7-8H,1,4-6,9-15H2,(H,26,27)(H,28,31). The summed E-state index contributed by atoms with van der Waals surface area (Å²) in [4.78, 5) is 26.7. The van der Waals surface area contributed by atoms with E-state index in [2.05, 4.69) is 32.2 Å². The fourth-order valence-electron chi connectivity index (χ4n) is 4.72. The van der Waals surface area contributed by atoms with Gasteiger partial charge in [-0.2, -0.15) is 5.26 Å². The van der Waals surface area contributed by atoms with Gasteiger partial charge in [0, 0.05) is 37.5 Å². The number of hydrogen-bond donors (Lipinski definition) is 2. The van der Waals surface area contributed by atoms with Crippen molar-refractivity contribution in [3.63, 3.8) is 0 Å². The molecule has 1 aliphatic heterocycles. The monoisotopic (exact) mass is 448 g/mol. The second kappa shape index (κ2) is 9.31. The molecular formula is C24H28N6OS. The summed E-state index contributed by atoms with van der Waals surface area (Å²) in [5.41, 5.74) is 3.91. The van der Waals surface area contributed by atoms with Crippen molar-refractivity contribution in [2.75, 3.05) is 42.9 Å². The molecule has 2 N–H and O–H groups in total. The number of thiophene rings is 1. The third kappa shape index (κ3) is 4.36. The molecule has 7 nitrogen and oxygen atoms in total. The number of para-hydroxylation sites is 2. The van der Waals surface area contributed by atoms with Crippen molar-refractivity contribution in [3.05, 3.63) is 40.3 Å². The van der Waals surface area contributed by atoms with E-state index >= 15 is 0 Å². The predicted molar refractivity (Wildman–Crippen MR) is 128 cm³/mol. The largest absolute Gasteiger partial charge is 0.341 e. The van der Waals surface area contributed by atoms with Crippen molar-refractivity contribution in [1.29, 1.82) is 5.26 Å². The normalized spacial score (nSPS) is 17.0. The van der Waals surface area contributed by atoms with Gasteiger partial charge in [-0.1, -0.05) is 12.1 Å². The molecule has 0 atom stereocenters. The van der Waals surface area contributed by atoms with Gasteiger partial charge in [0.05, 0.1) is 16.6 Å². The molecule has 3 heterocycles. The summed E-state index contributed by atoms with van der Waals surface area (Å²) < 4.78 is 0. The third-order valence-electron chi connectivity index (χ3n) is 6.46. The van der Waals surface area contributed by atoms with E-state index in [9.17, 15) is 10.1 Å². The molecule has 166 valence electrons. The number of anilines is 2. The van der Waals surface area contributed by atoms with Crippen LogP contribution in [0.2, 0.25) is 0 Å². The van der Waals surface area contributed by atoms with Crippen molar-refractivity contribution < 1.29 is 4.79 Å². The van der Waals surface area contributed by atoms with E-state index in [0.717, 1.165) is 86.0 Å². The summed E-state index contributed by atoms with van der Waals surface area (Å²) in [6.07, 6.45) is 5.77. The molecule has 0 saturated carbocycles. The number of imidazole rings is 1. The van der Waals surface area contributed by atoms with Crippen LogP contribution in [0.3, 0.4) is 0 Å². The first-order valence-electron chi connectivity index (χ1n) is 11.5. The quantitative estimate of drug-likeness (QED) is 0.618. The molecule has 0 bridgehead atoms. The zero-order chi connectivity index (χ0) is 21.9. The van der Waals surface area contributed by atoms with Crippen LogP contribution in [0.25, 0.3) is 11.0 Å². The van der Waals surface area contributed by atoms with E-state index < -0.39 is 0 Å². The van der Waals surface area contributed by atoms with E-state index in [-0.39, 0.29) is 5.91 Å². The second-order valence-electron chi connectivity index (χ2n) is 8.58. The maximum absolute atomic E-state index is 12.6. The summed E-state index contributed by atoms with van der Waals surface area (Å²) in [5, 5.41) is 13.4. The smallest absolute Gasteiger partial charge is 0.226 e. The second-order valence-corrected chi connectivity index (χ2v) is 9.69. The van der Waals surface area contributed by atoms with Crippen LogP contribution in [0.5, 0.6) is 0 Å². The van der Waals surface area contributed by atoms with Crippen LogP contribution < -0.4 is 10.2 Å². The molecule has 0 radical (unpaired) electrons. The van der Waals surface area contributed by atoms with E-state index in [0.29, 0.717) is 12.0 Å². The number of fused-ring (bicyclic) bond motifs is 2.